The number of rotatable bonds is 6. The maximum absolute atomic E-state index is 5.63. The Bertz CT molecular complexity index is 942. The van der Waals surface area contributed by atoms with Gasteiger partial charge in [-0.1, -0.05) is 17.7 Å². The van der Waals surface area contributed by atoms with Crippen molar-refractivity contribution >= 4 is 21.9 Å². The largest absolute Gasteiger partial charge is 0.444 e. The van der Waals surface area contributed by atoms with Crippen molar-refractivity contribution in [3.05, 3.63) is 64.2 Å². The molecule has 0 amide bonds. The number of hydrogen-bond acceptors (Lipinski definition) is 3. The van der Waals surface area contributed by atoms with Crippen molar-refractivity contribution in [3.63, 3.8) is 0 Å². The number of benzene rings is 1. The molecule has 0 atom stereocenters. The van der Waals surface area contributed by atoms with Crippen LogP contribution in [0.2, 0.25) is 0 Å². The first-order valence-corrected chi connectivity index (χ1v) is 9.99. The summed E-state index contributed by atoms with van der Waals surface area (Å²) < 4.78 is 8.82. The molecule has 0 unspecified atom stereocenters. The number of oxazole rings is 1. The first kappa shape index (κ1) is 20.2. The molecule has 2 aromatic heterocycles. The van der Waals surface area contributed by atoms with Gasteiger partial charge < -0.3 is 19.2 Å². The molecule has 0 aliphatic carbocycles. The molecule has 7 heteroatoms. The summed E-state index contributed by atoms with van der Waals surface area (Å²) in [5.41, 5.74) is 4.34. The number of nitrogens with one attached hydrogen (secondary N) is 1. The summed E-state index contributed by atoms with van der Waals surface area (Å²) in [5.74, 6) is 1.50. The van der Waals surface area contributed by atoms with Gasteiger partial charge in [-0.3, -0.25) is 4.99 Å². The standard InChI is InChI=1S/C21H26BrN5O/c1-15-5-7-16(8-6-15)20-25-18(14-28-20)9-10-24-21(23-2)27(4)13-19-11-17(22)12-26(19)3/h5-8,11-12,14H,9-10,13H2,1-4H3,(H,23,24). The molecule has 0 saturated heterocycles. The molecule has 0 bridgehead atoms. The summed E-state index contributed by atoms with van der Waals surface area (Å²) in [6, 6.07) is 10.3. The summed E-state index contributed by atoms with van der Waals surface area (Å²) in [5, 5.41) is 3.39. The molecule has 0 fully saturated rings. The monoisotopic (exact) mass is 443 g/mol. The minimum atomic E-state index is 0.658. The molecule has 3 aromatic rings. The average molecular weight is 444 g/mol. The normalized spacial score (nSPS) is 11.7. The Morgan fingerprint density at radius 3 is 2.71 bits per heavy atom. The van der Waals surface area contributed by atoms with E-state index in [0.29, 0.717) is 5.89 Å². The number of guanidine groups is 1. The Morgan fingerprint density at radius 2 is 2.07 bits per heavy atom. The zero-order chi connectivity index (χ0) is 20.1. The maximum Gasteiger partial charge on any atom is 0.226 e. The minimum Gasteiger partial charge on any atom is -0.444 e. The van der Waals surface area contributed by atoms with Gasteiger partial charge in [0.15, 0.2) is 5.96 Å². The van der Waals surface area contributed by atoms with Crippen LogP contribution in [0.5, 0.6) is 0 Å². The number of hydrogen-bond donors (Lipinski definition) is 1. The second kappa shape index (κ2) is 9.10. The van der Waals surface area contributed by atoms with Gasteiger partial charge in [-0.15, -0.1) is 0 Å². The van der Waals surface area contributed by atoms with Gasteiger partial charge in [-0.05, 0) is 41.1 Å². The number of aliphatic imine (C=N–C) groups is 1. The molecule has 28 heavy (non-hydrogen) atoms. The summed E-state index contributed by atoms with van der Waals surface area (Å²) in [4.78, 5) is 11.1. The third-order valence-electron chi connectivity index (χ3n) is 4.56. The van der Waals surface area contributed by atoms with Crippen LogP contribution in [0.3, 0.4) is 0 Å². The number of aromatic nitrogens is 2. The van der Waals surface area contributed by atoms with Crippen molar-refractivity contribution < 1.29 is 4.42 Å². The molecule has 6 nitrogen and oxygen atoms in total. The molecule has 0 aliphatic heterocycles. The SMILES string of the molecule is CN=C(NCCc1coc(-c2ccc(C)cc2)n1)N(C)Cc1cc(Br)cn1C. The van der Waals surface area contributed by atoms with Crippen molar-refractivity contribution in [1.29, 1.82) is 0 Å². The Morgan fingerprint density at radius 1 is 1.32 bits per heavy atom. The second-order valence-electron chi connectivity index (χ2n) is 6.85. The number of aryl methyl sites for hydroxylation is 2. The van der Waals surface area contributed by atoms with Crippen LogP contribution in [0.15, 0.2) is 56.7 Å². The fourth-order valence-electron chi connectivity index (χ4n) is 2.98. The van der Waals surface area contributed by atoms with Gasteiger partial charge >= 0.3 is 0 Å². The van der Waals surface area contributed by atoms with Gasteiger partial charge in [-0.2, -0.15) is 0 Å². The lowest BCUT2D eigenvalue weighted by molar-refractivity contribution is 0.462. The van der Waals surface area contributed by atoms with Gasteiger partial charge in [0.05, 0.1) is 12.2 Å². The van der Waals surface area contributed by atoms with E-state index in [1.807, 2.05) is 26.2 Å². The van der Waals surface area contributed by atoms with Gasteiger partial charge in [0.1, 0.15) is 6.26 Å². The molecule has 0 spiro atoms. The fraction of sp³-hybridized carbons (Fsp3) is 0.333. The minimum absolute atomic E-state index is 0.658. The van der Waals surface area contributed by atoms with Crippen LogP contribution in [0.25, 0.3) is 11.5 Å². The fourth-order valence-corrected chi connectivity index (χ4v) is 3.55. The Labute approximate surface area is 174 Å². The van der Waals surface area contributed by atoms with E-state index in [1.54, 1.807) is 13.3 Å². The quantitative estimate of drug-likeness (QED) is 0.461. The van der Waals surface area contributed by atoms with E-state index in [1.165, 1.54) is 11.3 Å². The van der Waals surface area contributed by atoms with Crippen molar-refractivity contribution in [2.75, 3.05) is 20.6 Å². The van der Waals surface area contributed by atoms with Crippen LogP contribution in [-0.4, -0.2) is 41.1 Å². The summed E-state index contributed by atoms with van der Waals surface area (Å²) in [7, 11) is 5.87. The van der Waals surface area contributed by atoms with E-state index in [2.05, 4.69) is 72.0 Å². The molecule has 1 N–H and O–H groups in total. The molecule has 3 rings (SSSR count). The van der Waals surface area contributed by atoms with E-state index >= 15 is 0 Å². The van der Waals surface area contributed by atoms with Gasteiger partial charge in [0, 0.05) is 56.0 Å². The summed E-state index contributed by atoms with van der Waals surface area (Å²) >= 11 is 3.52. The predicted molar refractivity (Wildman–Crippen MR) is 116 cm³/mol. The molecule has 0 aliphatic rings. The zero-order valence-electron chi connectivity index (χ0n) is 16.7. The molecule has 0 radical (unpaired) electrons. The van der Waals surface area contributed by atoms with Crippen molar-refractivity contribution in [3.8, 4) is 11.5 Å². The zero-order valence-corrected chi connectivity index (χ0v) is 18.3. The smallest absolute Gasteiger partial charge is 0.226 e. The average Bonchev–Trinajstić information content (AvgIpc) is 3.25. The third kappa shape index (κ3) is 5.04. The first-order chi connectivity index (χ1) is 13.5. The van der Waals surface area contributed by atoms with E-state index < -0.39 is 0 Å². The second-order valence-corrected chi connectivity index (χ2v) is 7.77. The summed E-state index contributed by atoms with van der Waals surface area (Å²) in [6.07, 6.45) is 4.54. The maximum atomic E-state index is 5.63. The van der Waals surface area contributed by atoms with Crippen LogP contribution < -0.4 is 5.32 Å². The molecular formula is C21H26BrN5O. The van der Waals surface area contributed by atoms with Crippen LogP contribution in [0, 0.1) is 6.92 Å². The lowest BCUT2D eigenvalue weighted by Gasteiger charge is -2.22. The van der Waals surface area contributed by atoms with Crippen molar-refractivity contribution in [2.24, 2.45) is 12.0 Å². The highest BCUT2D eigenvalue weighted by Gasteiger charge is 2.11. The van der Waals surface area contributed by atoms with Crippen LogP contribution in [0.4, 0.5) is 0 Å². The van der Waals surface area contributed by atoms with Crippen LogP contribution in [-0.2, 0) is 20.0 Å². The highest BCUT2D eigenvalue weighted by molar-refractivity contribution is 9.10. The lowest BCUT2D eigenvalue weighted by Crippen LogP contribution is -2.39. The molecule has 1 aromatic carbocycles. The van der Waals surface area contributed by atoms with E-state index in [-0.39, 0.29) is 0 Å². The molecule has 148 valence electrons. The number of nitrogens with zero attached hydrogens (tertiary/aromatic N) is 4. The first-order valence-electron chi connectivity index (χ1n) is 9.20. The molecule has 0 saturated carbocycles. The third-order valence-corrected chi connectivity index (χ3v) is 5.00. The number of halogens is 1. The van der Waals surface area contributed by atoms with Gasteiger partial charge in [0.25, 0.3) is 0 Å². The molecule has 2 heterocycles. The van der Waals surface area contributed by atoms with Crippen molar-refractivity contribution in [1.82, 2.24) is 19.8 Å². The topological polar surface area (TPSA) is 58.6 Å². The highest BCUT2D eigenvalue weighted by Crippen LogP contribution is 2.19. The predicted octanol–water partition coefficient (Wildman–Crippen LogP) is 4.00. The van der Waals surface area contributed by atoms with Crippen LogP contribution >= 0.6 is 15.9 Å². The Kier molecular flexibility index (Phi) is 6.57. The Hall–Kier alpha value is -2.54. The lowest BCUT2D eigenvalue weighted by atomic mass is 10.1. The van der Waals surface area contributed by atoms with Gasteiger partial charge in [0.2, 0.25) is 5.89 Å². The van der Waals surface area contributed by atoms with E-state index in [0.717, 1.165) is 41.2 Å². The molecular weight excluding hydrogens is 418 g/mol. The van der Waals surface area contributed by atoms with E-state index in [4.69, 9.17) is 4.42 Å². The van der Waals surface area contributed by atoms with E-state index in [9.17, 15) is 0 Å². The van der Waals surface area contributed by atoms with Crippen LogP contribution in [0.1, 0.15) is 17.0 Å². The summed E-state index contributed by atoms with van der Waals surface area (Å²) in [6.45, 7) is 3.56. The van der Waals surface area contributed by atoms with Gasteiger partial charge in [-0.25, -0.2) is 4.98 Å². The van der Waals surface area contributed by atoms with Crippen molar-refractivity contribution in [2.45, 2.75) is 19.9 Å². The highest BCUT2D eigenvalue weighted by atomic mass is 79.9. The Balaban J connectivity index is 1.53.